The van der Waals surface area contributed by atoms with Crippen LogP contribution < -0.4 is 10.6 Å². The Morgan fingerprint density at radius 2 is 2.21 bits per heavy atom. The molecule has 1 aliphatic heterocycles. The highest BCUT2D eigenvalue weighted by molar-refractivity contribution is 8.15. The zero-order chi connectivity index (χ0) is 14.0. The summed E-state index contributed by atoms with van der Waals surface area (Å²) in [7, 11) is 0. The van der Waals surface area contributed by atoms with Gasteiger partial charge >= 0.3 is 0 Å². The summed E-state index contributed by atoms with van der Waals surface area (Å²) in [5.41, 5.74) is -0.275. The molecule has 1 aromatic carbocycles. The first-order valence-electron chi connectivity index (χ1n) is 5.27. The van der Waals surface area contributed by atoms with Crippen molar-refractivity contribution < 1.29 is 18.4 Å². The van der Waals surface area contributed by atoms with Gasteiger partial charge in [-0.2, -0.15) is 0 Å². The van der Waals surface area contributed by atoms with E-state index in [9.17, 15) is 18.4 Å². The molecule has 1 atom stereocenters. The fourth-order valence-electron chi connectivity index (χ4n) is 1.52. The molecule has 0 radical (unpaired) electrons. The molecule has 1 unspecified atom stereocenters. The van der Waals surface area contributed by atoms with Crippen LogP contribution in [-0.2, 0) is 9.59 Å². The lowest BCUT2D eigenvalue weighted by Gasteiger charge is -2.08. The molecule has 8 heteroatoms. The SMILES string of the molecule is N=C1NC(=O)C(CC(=O)Nc2cccc(F)c2F)S1. The number of halogens is 2. The van der Waals surface area contributed by atoms with Crippen LogP contribution in [0.2, 0.25) is 0 Å². The van der Waals surface area contributed by atoms with Gasteiger partial charge in [0.1, 0.15) is 5.25 Å². The maximum atomic E-state index is 13.3. The van der Waals surface area contributed by atoms with Crippen molar-refractivity contribution in [2.24, 2.45) is 0 Å². The number of anilines is 1. The average Bonchev–Trinajstić information content (AvgIpc) is 2.64. The third-order valence-electron chi connectivity index (χ3n) is 2.39. The monoisotopic (exact) mass is 285 g/mol. The van der Waals surface area contributed by atoms with E-state index in [-0.39, 0.29) is 17.3 Å². The normalized spacial score (nSPS) is 18.3. The minimum Gasteiger partial charge on any atom is -0.323 e. The van der Waals surface area contributed by atoms with Crippen LogP contribution in [0.25, 0.3) is 0 Å². The van der Waals surface area contributed by atoms with Gasteiger partial charge in [-0.1, -0.05) is 17.8 Å². The molecule has 2 rings (SSSR count). The van der Waals surface area contributed by atoms with Crippen LogP contribution >= 0.6 is 11.8 Å². The summed E-state index contributed by atoms with van der Waals surface area (Å²) in [6, 6.07) is 3.42. The van der Waals surface area contributed by atoms with Crippen molar-refractivity contribution in [3.63, 3.8) is 0 Å². The van der Waals surface area contributed by atoms with Crippen LogP contribution in [0.3, 0.4) is 0 Å². The number of thioether (sulfide) groups is 1. The molecule has 3 N–H and O–H groups in total. The number of amides is 2. The summed E-state index contributed by atoms with van der Waals surface area (Å²) < 4.78 is 26.2. The molecule has 0 saturated carbocycles. The van der Waals surface area contributed by atoms with Gasteiger partial charge in [-0.05, 0) is 12.1 Å². The predicted molar refractivity (Wildman–Crippen MR) is 66.9 cm³/mol. The zero-order valence-electron chi connectivity index (χ0n) is 9.50. The lowest BCUT2D eigenvalue weighted by Crippen LogP contribution is -2.28. The van der Waals surface area contributed by atoms with Gasteiger partial charge in [-0.25, -0.2) is 8.78 Å². The Morgan fingerprint density at radius 3 is 2.84 bits per heavy atom. The van der Waals surface area contributed by atoms with Gasteiger partial charge in [-0.15, -0.1) is 0 Å². The molecule has 1 aromatic rings. The molecule has 1 heterocycles. The topological polar surface area (TPSA) is 82.1 Å². The number of nitrogens with one attached hydrogen (secondary N) is 3. The average molecular weight is 285 g/mol. The second-order valence-corrected chi connectivity index (χ2v) is 4.99. The van der Waals surface area contributed by atoms with Crippen molar-refractivity contribution in [3.05, 3.63) is 29.8 Å². The Morgan fingerprint density at radius 1 is 1.47 bits per heavy atom. The maximum absolute atomic E-state index is 13.3. The number of hydrogen-bond donors (Lipinski definition) is 3. The van der Waals surface area contributed by atoms with Gasteiger partial charge < -0.3 is 10.6 Å². The van der Waals surface area contributed by atoms with E-state index in [0.29, 0.717) is 0 Å². The highest BCUT2D eigenvalue weighted by atomic mass is 32.2. The Hall–Kier alpha value is -1.96. The standard InChI is InChI=1S/C11H9F2N3O2S/c12-5-2-1-3-6(9(5)13)15-8(17)4-7-10(18)16-11(14)19-7/h1-3,7H,4H2,(H,15,17)(H2,14,16,18). The molecule has 0 spiro atoms. The van der Waals surface area contributed by atoms with Crippen molar-refractivity contribution in [1.29, 1.82) is 5.41 Å². The molecule has 100 valence electrons. The number of benzene rings is 1. The minimum absolute atomic E-state index is 0.0280. The summed E-state index contributed by atoms with van der Waals surface area (Å²) in [5.74, 6) is -3.27. The molecular weight excluding hydrogens is 276 g/mol. The van der Waals surface area contributed by atoms with E-state index in [4.69, 9.17) is 5.41 Å². The number of rotatable bonds is 3. The highest BCUT2D eigenvalue weighted by Crippen LogP contribution is 2.22. The molecule has 1 fully saturated rings. The van der Waals surface area contributed by atoms with E-state index in [2.05, 4.69) is 10.6 Å². The molecule has 5 nitrogen and oxygen atoms in total. The lowest BCUT2D eigenvalue weighted by atomic mass is 10.2. The van der Waals surface area contributed by atoms with Gasteiger partial charge in [0.2, 0.25) is 11.8 Å². The van der Waals surface area contributed by atoms with Crippen LogP contribution in [0.5, 0.6) is 0 Å². The van der Waals surface area contributed by atoms with E-state index < -0.39 is 28.7 Å². The minimum atomic E-state index is -1.15. The Balaban J connectivity index is 2.00. The van der Waals surface area contributed by atoms with E-state index in [1.54, 1.807) is 0 Å². The van der Waals surface area contributed by atoms with Crippen molar-refractivity contribution >= 4 is 34.4 Å². The van der Waals surface area contributed by atoms with Crippen LogP contribution in [-0.4, -0.2) is 22.2 Å². The van der Waals surface area contributed by atoms with Crippen LogP contribution in [0, 0.1) is 17.0 Å². The third-order valence-corrected chi connectivity index (χ3v) is 3.39. The summed E-state index contributed by atoms with van der Waals surface area (Å²) in [6.45, 7) is 0. The molecule has 0 aromatic heterocycles. The molecule has 0 aliphatic carbocycles. The Bertz CT molecular complexity index is 565. The van der Waals surface area contributed by atoms with Crippen LogP contribution in [0.1, 0.15) is 6.42 Å². The van der Waals surface area contributed by atoms with Crippen molar-refractivity contribution in [1.82, 2.24) is 5.32 Å². The number of amidine groups is 1. The summed E-state index contributed by atoms with van der Waals surface area (Å²) in [5, 5.41) is 10.9. The molecule has 0 bridgehead atoms. The number of carbonyl (C=O) groups excluding carboxylic acids is 2. The maximum Gasteiger partial charge on any atom is 0.240 e. The summed E-state index contributed by atoms with van der Waals surface area (Å²) in [4.78, 5) is 22.9. The van der Waals surface area contributed by atoms with Crippen molar-refractivity contribution in [2.45, 2.75) is 11.7 Å². The first-order valence-corrected chi connectivity index (χ1v) is 6.15. The molecule has 1 saturated heterocycles. The largest absolute Gasteiger partial charge is 0.323 e. The van der Waals surface area contributed by atoms with E-state index in [0.717, 1.165) is 17.8 Å². The van der Waals surface area contributed by atoms with Crippen LogP contribution in [0.4, 0.5) is 14.5 Å². The van der Waals surface area contributed by atoms with Crippen LogP contribution in [0.15, 0.2) is 18.2 Å². The Labute approximate surface area is 111 Å². The predicted octanol–water partition coefficient (Wildman–Crippen LogP) is 1.46. The first kappa shape index (κ1) is 13.5. The molecule has 2 amide bonds. The van der Waals surface area contributed by atoms with E-state index >= 15 is 0 Å². The number of hydrogen-bond acceptors (Lipinski definition) is 4. The quantitative estimate of drug-likeness (QED) is 0.786. The second-order valence-electron chi connectivity index (χ2n) is 3.78. The molecule has 1 aliphatic rings. The lowest BCUT2D eigenvalue weighted by molar-refractivity contribution is -0.122. The Kier molecular flexibility index (Phi) is 3.79. The van der Waals surface area contributed by atoms with Crippen molar-refractivity contribution in [2.75, 3.05) is 5.32 Å². The second kappa shape index (κ2) is 5.35. The first-order chi connectivity index (χ1) is 8.97. The van der Waals surface area contributed by atoms with E-state index in [1.165, 1.54) is 12.1 Å². The summed E-state index contributed by atoms with van der Waals surface area (Å²) in [6.07, 6.45) is -0.213. The van der Waals surface area contributed by atoms with E-state index in [1.807, 2.05) is 0 Å². The zero-order valence-corrected chi connectivity index (χ0v) is 10.3. The molecule has 19 heavy (non-hydrogen) atoms. The smallest absolute Gasteiger partial charge is 0.240 e. The molecular formula is C11H9F2N3O2S. The van der Waals surface area contributed by atoms with Gasteiger partial charge in [-0.3, -0.25) is 15.0 Å². The van der Waals surface area contributed by atoms with Gasteiger partial charge in [0.05, 0.1) is 5.69 Å². The van der Waals surface area contributed by atoms with Gasteiger partial charge in [0.15, 0.2) is 16.8 Å². The fraction of sp³-hybridized carbons (Fsp3) is 0.182. The van der Waals surface area contributed by atoms with Crippen molar-refractivity contribution in [3.8, 4) is 0 Å². The third kappa shape index (κ3) is 3.08. The highest BCUT2D eigenvalue weighted by Gasteiger charge is 2.31. The van der Waals surface area contributed by atoms with Gasteiger partial charge in [0, 0.05) is 6.42 Å². The van der Waals surface area contributed by atoms with Gasteiger partial charge in [0.25, 0.3) is 0 Å². The fourth-order valence-corrected chi connectivity index (χ4v) is 2.37. The number of carbonyl (C=O) groups is 2. The summed E-state index contributed by atoms with van der Waals surface area (Å²) >= 11 is 0.914.